The van der Waals surface area contributed by atoms with E-state index in [0.717, 1.165) is 25.0 Å². The van der Waals surface area contributed by atoms with Crippen LogP contribution in [0.15, 0.2) is 42.9 Å². The van der Waals surface area contributed by atoms with Gasteiger partial charge in [0.1, 0.15) is 11.8 Å². The van der Waals surface area contributed by atoms with E-state index in [1.54, 1.807) is 23.4 Å². The van der Waals surface area contributed by atoms with Gasteiger partial charge in [0.2, 0.25) is 0 Å². The predicted molar refractivity (Wildman–Crippen MR) is 86.9 cm³/mol. The number of aromatic nitrogens is 2. The molecule has 0 aromatic carbocycles. The first-order valence-electron chi connectivity index (χ1n) is 7.92. The van der Waals surface area contributed by atoms with Gasteiger partial charge in [-0.15, -0.1) is 0 Å². The Labute approximate surface area is 140 Å². The van der Waals surface area contributed by atoms with Crippen molar-refractivity contribution in [3.8, 4) is 6.07 Å². The average molecular weight is 322 g/mol. The first-order chi connectivity index (χ1) is 11.8. The summed E-state index contributed by atoms with van der Waals surface area (Å²) in [6.45, 7) is 1.76. The Balaban J connectivity index is 1.81. The lowest BCUT2D eigenvalue weighted by molar-refractivity contribution is 0.0507. The molecule has 1 atom stereocenters. The minimum Gasteiger partial charge on any atom is -0.376 e. The van der Waals surface area contributed by atoms with Crippen LogP contribution >= 0.6 is 0 Å². The van der Waals surface area contributed by atoms with Crippen LogP contribution in [0.2, 0.25) is 0 Å². The van der Waals surface area contributed by atoms with Gasteiger partial charge >= 0.3 is 0 Å². The maximum absolute atomic E-state index is 12.9. The largest absolute Gasteiger partial charge is 0.376 e. The Morgan fingerprint density at radius 1 is 1.33 bits per heavy atom. The fourth-order valence-electron chi connectivity index (χ4n) is 2.77. The van der Waals surface area contributed by atoms with E-state index in [9.17, 15) is 4.79 Å². The number of ether oxygens (including phenoxy) is 1. The van der Waals surface area contributed by atoms with Crippen LogP contribution in [0.25, 0.3) is 0 Å². The molecule has 2 aromatic rings. The van der Waals surface area contributed by atoms with Gasteiger partial charge in [0.05, 0.1) is 6.10 Å². The highest BCUT2D eigenvalue weighted by atomic mass is 16.5. The lowest BCUT2D eigenvalue weighted by Gasteiger charge is -2.25. The van der Waals surface area contributed by atoms with Crippen LogP contribution in [-0.4, -0.2) is 40.0 Å². The summed E-state index contributed by atoms with van der Waals surface area (Å²) >= 11 is 0. The number of hydrogen-bond acceptors (Lipinski definition) is 5. The molecule has 0 N–H and O–H groups in total. The molecule has 1 saturated heterocycles. The van der Waals surface area contributed by atoms with Gasteiger partial charge in [0.15, 0.2) is 0 Å². The van der Waals surface area contributed by atoms with E-state index in [-0.39, 0.29) is 17.7 Å². The molecule has 0 saturated carbocycles. The number of nitriles is 1. The second-order valence-electron chi connectivity index (χ2n) is 5.72. The quantitative estimate of drug-likeness (QED) is 0.843. The molecule has 6 heteroatoms. The topological polar surface area (TPSA) is 79.1 Å². The Kier molecular flexibility index (Phi) is 5.14. The minimum atomic E-state index is -0.124. The van der Waals surface area contributed by atoms with Crippen molar-refractivity contribution in [1.82, 2.24) is 14.9 Å². The molecule has 1 aliphatic rings. The fourth-order valence-corrected chi connectivity index (χ4v) is 2.77. The van der Waals surface area contributed by atoms with Gasteiger partial charge in [-0.2, -0.15) is 5.26 Å². The summed E-state index contributed by atoms with van der Waals surface area (Å²) in [5.74, 6) is -0.124. The summed E-state index contributed by atoms with van der Waals surface area (Å²) in [6.07, 6.45) is 6.96. The number of carbonyl (C=O) groups excluding carboxylic acids is 1. The highest BCUT2D eigenvalue weighted by Crippen LogP contribution is 2.17. The standard InChI is InChI=1S/C18H18N4O2/c19-11-16-10-15(5-8-21-16)18(23)22(13-17-2-1-9-24-17)12-14-3-6-20-7-4-14/h3-8,10,17H,1-2,9,12-13H2/t17-/m1/s1. The van der Waals surface area contributed by atoms with E-state index in [1.807, 2.05) is 18.2 Å². The van der Waals surface area contributed by atoms with Crippen molar-refractivity contribution in [3.05, 3.63) is 59.7 Å². The zero-order chi connectivity index (χ0) is 16.8. The van der Waals surface area contributed by atoms with Crippen LogP contribution in [0.4, 0.5) is 0 Å². The second-order valence-corrected chi connectivity index (χ2v) is 5.72. The van der Waals surface area contributed by atoms with Gasteiger partial charge in [-0.3, -0.25) is 9.78 Å². The first kappa shape index (κ1) is 16.1. The number of pyridine rings is 2. The third-order valence-corrected chi connectivity index (χ3v) is 3.98. The van der Waals surface area contributed by atoms with Gasteiger partial charge in [0.25, 0.3) is 5.91 Å². The van der Waals surface area contributed by atoms with Crippen molar-refractivity contribution < 1.29 is 9.53 Å². The van der Waals surface area contributed by atoms with Crippen LogP contribution < -0.4 is 0 Å². The van der Waals surface area contributed by atoms with Crippen molar-refractivity contribution in [2.75, 3.05) is 13.2 Å². The number of rotatable bonds is 5. The van der Waals surface area contributed by atoms with E-state index in [0.29, 0.717) is 18.7 Å². The van der Waals surface area contributed by atoms with E-state index in [1.165, 1.54) is 12.3 Å². The molecule has 1 amide bonds. The number of nitrogens with zero attached hydrogens (tertiary/aromatic N) is 4. The zero-order valence-corrected chi connectivity index (χ0v) is 13.3. The Bertz CT molecular complexity index is 736. The lowest BCUT2D eigenvalue weighted by atomic mass is 10.1. The third kappa shape index (κ3) is 3.94. The number of amides is 1. The minimum absolute atomic E-state index is 0.0630. The van der Waals surface area contributed by atoms with Crippen molar-refractivity contribution in [2.45, 2.75) is 25.5 Å². The maximum Gasteiger partial charge on any atom is 0.254 e. The zero-order valence-electron chi connectivity index (χ0n) is 13.3. The summed E-state index contributed by atoms with van der Waals surface area (Å²) in [5, 5.41) is 8.98. The molecule has 122 valence electrons. The molecule has 3 heterocycles. The van der Waals surface area contributed by atoms with Crippen LogP contribution in [0.5, 0.6) is 0 Å². The summed E-state index contributed by atoms with van der Waals surface area (Å²) < 4.78 is 5.68. The second kappa shape index (κ2) is 7.66. The van der Waals surface area contributed by atoms with Gasteiger partial charge in [-0.1, -0.05) is 0 Å². The SMILES string of the molecule is N#Cc1cc(C(=O)N(Cc2ccncc2)C[C@H]2CCCO2)ccn1. The van der Waals surface area contributed by atoms with Crippen LogP contribution in [0, 0.1) is 11.3 Å². The van der Waals surface area contributed by atoms with Gasteiger partial charge in [0, 0.05) is 43.9 Å². The molecule has 6 nitrogen and oxygen atoms in total. The molecule has 1 aliphatic heterocycles. The molecule has 0 bridgehead atoms. The molecule has 0 radical (unpaired) electrons. The normalized spacial score (nSPS) is 16.5. The number of carbonyl (C=O) groups is 1. The Morgan fingerprint density at radius 2 is 2.17 bits per heavy atom. The van der Waals surface area contributed by atoms with Crippen molar-refractivity contribution >= 4 is 5.91 Å². The van der Waals surface area contributed by atoms with Crippen molar-refractivity contribution in [2.24, 2.45) is 0 Å². The third-order valence-electron chi connectivity index (χ3n) is 3.98. The van der Waals surface area contributed by atoms with Crippen molar-refractivity contribution in [3.63, 3.8) is 0 Å². The summed E-state index contributed by atoms with van der Waals surface area (Å²) in [7, 11) is 0. The fraction of sp³-hybridized carbons (Fsp3) is 0.333. The van der Waals surface area contributed by atoms with E-state index in [4.69, 9.17) is 10.00 Å². The highest BCUT2D eigenvalue weighted by molar-refractivity contribution is 5.94. The van der Waals surface area contributed by atoms with E-state index >= 15 is 0 Å². The Morgan fingerprint density at radius 3 is 2.88 bits per heavy atom. The Hall–Kier alpha value is -2.78. The lowest BCUT2D eigenvalue weighted by Crippen LogP contribution is -2.37. The molecule has 2 aromatic heterocycles. The van der Waals surface area contributed by atoms with Crippen LogP contribution in [0.1, 0.15) is 34.5 Å². The molecule has 0 spiro atoms. The molecule has 0 unspecified atom stereocenters. The van der Waals surface area contributed by atoms with Gasteiger partial charge in [-0.05, 0) is 42.7 Å². The maximum atomic E-state index is 12.9. The highest BCUT2D eigenvalue weighted by Gasteiger charge is 2.24. The first-order valence-corrected chi connectivity index (χ1v) is 7.92. The van der Waals surface area contributed by atoms with Crippen molar-refractivity contribution in [1.29, 1.82) is 5.26 Å². The van der Waals surface area contributed by atoms with Gasteiger partial charge < -0.3 is 9.64 Å². The van der Waals surface area contributed by atoms with E-state index in [2.05, 4.69) is 9.97 Å². The van der Waals surface area contributed by atoms with E-state index < -0.39 is 0 Å². The number of hydrogen-bond donors (Lipinski definition) is 0. The monoisotopic (exact) mass is 322 g/mol. The average Bonchev–Trinajstić information content (AvgIpc) is 3.14. The van der Waals surface area contributed by atoms with Crippen LogP contribution in [-0.2, 0) is 11.3 Å². The molecular formula is C18H18N4O2. The summed E-state index contributed by atoms with van der Waals surface area (Å²) in [4.78, 5) is 22.6. The smallest absolute Gasteiger partial charge is 0.254 e. The molecule has 1 fully saturated rings. The summed E-state index contributed by atoms with van der Waals surface area (Å²) in [5.41, 5.74) is 1.71. The van der Waals surface area contributed by atoms with Crippen LogP contribution in [0.3, 0.4) is 0 Å². The summed E-state index contributed by atoms with van der Waals surface area (Å²) in [6, 6.07) is 8.92. The molecule has 3 rings (SSSR count). The molecule has 24 heavy (non-hydrogen) atoms. The molecule has 0 aliphatic carbocycles. The predicted octanol–water partition coefficient (Wildman–Crippen LogP) is 2.17. The molecular weight excluding hydrogens is 304 g/mol. The van der Waals surface area contributed by atoms with Gasteiger partial charge in [-0.25, -0.2) is 4.98 Å².